The van der Waals surface area contributed by atoms with Gasteiger partial charge in [0.25, 0.3) is 0 Å². The van der Waals surface area contributed by atoms with E-state index in [1.807, 2.05) is 6.07 Å². The Bertz CT molecular complexity index is 1210. The van der Waals surface area contributed by atoms with Gasteiger partial charge in [-0.1, -0.05) is 6.42 Å². The lowest BCUT2D eigenvalue weighted by molar-refractivity contribution is 0.0987. The Morgan fingerprint density at radius 1 is 1.08 bits per heavy atom. The molecule has 3 aromatic rings. The number of halogens is 3. The van der Waals surface area contributed by atoms with Crippen LogP contribution < -0.4 is 10.5 Å². The first-order chi connectivity index (χ1) is 17.4. The van der Waals surface area contributed by atoms with Crippen molar-refractivity contribution in [1.29, 1.82) is 0 Å². The maximum absolute atomic E-state index is 14.8. The number of rotatable bonds is 9. The summed E-state index contributed by atoms with van der Waals surface area (Å²) in [6.45, 7) is 0.325. The lowest BCUT2D eigenvalue weighted by atomic mass is 9.80. The number of aromatic nitrogens is 2. The second-order valence-electron chi connectivity index (χ2n) is 8.93. The molecule has 0 saturated heterocycles. The first kappa shape index (κ1) is 25.8. The molecule has 0 aliphatic heterocycles. The van der Waals surface area contributed by atoms with Crippen molar-refractivity contribution in [2.45, 2.75) is 44.1 Å². The molecule has 4 rings (SSSR count). The minimum absolute atomic E-state index is 0.0236. The molecule has 0 radical (unpaired) electrons. The number of carbonyl (C=O) groups excluding carboxylic acids is 1. The van der Waals surface area contributed by atoms with Crippen LogP contribution >= 0.6 is 0 Å². The summed E-state index contributed by atoms with van der Waals surface area (Å²) in [4.78, 5) is 21.3. The highest BCUT2D eigenvalue weighted by Crippen LogP contribution is 2.34. The number of carbonyl (C=O) groups is 1. The Kier molecular flexibility index (Phi) is 8.32. The van der Waals surface area contributed by atoms with Gasteiger partial charge in [0.2, 0.25) is 0 Å². The van der Waals surface area contributed by atoms with Gasteiger partial charge in [-0.2, -0.15) is 0 Å². The quantitative estimate of drug-likeness (QED) is 0.330. The largest absolute Gasteiger partial charge is 0.491 e. The Morgan fingerprint density at radius 2 is 1.86 bits per heavy atom. The number of nitrogens with two attached hydrogens (primary N) is 1. The number of methoxy groups -OCH3 is 1. The molecule has 2 atom stereocenters. The van der Waals surface area contributed by atoms with Crippen molar-refractivity contribution in [2.75, 3.05) is 20.3 Å². The van der Waals surface area contributed by atoms with E-state index in [1.54, 1.807) is 12.4 Å². The van der Waals surface area contributed by atoms with Gasteiger partial charge in [-0.3, -0.25) is 9.78 Å². The van der Waals surface area contributed by atoms with E-state index in [-0.39, 0.29) is 43.0 Å². The van der Waals surface area contributed by atoms with Gasteiger partial charge >= 0.3 is 0 Å². The summed E-state index contributed by atoms with van der Waals surface area (Å²) in [6, 6.07) is 6.10. The molecule has 0 amide bonds. The van der Waals surface area contributed by atoms with Crippen molar-refractivity contribution >= 4 is 5.78 Å². The highest BCUT2D eigenvalue weighted by molar-refractivity contribution is 5.96. The molecule has 6 nitrogen and oxygen atoms in total. The number of hydrogen-bond acceptors (Lipinski definition) is 6. The summed E-state index contributed by atoms with van der Waals surface area (Å²) in [5, 5.41) is 0. The SMILES string of the molecule is COCCOc1cc(F)c(-c2nc(C(=O)Cc3cnccc3[C@@H]3CCC[C@H](N)C3)ccc2F)c(F)c1. The minimum atomic E-state index is -1.05. The topological polar surface area (TPSA) is 87.3 Å². The summed E-state index contributed by atoms with van der Waals surface area (Å²) >= 11 is 0. The van der Waals surface area contributed by atoms with E-state index in [4.69, 9.17) is 15.2 Å². The van der Waals surface area contributed by atoms with E-state index < -0.39 is 34.5 Å². The summed E-state index contributed by atoms with van der Waals surface area (Å²) in [6.07, 6.45) is 7.09. The average molecular weight is 500 g/mol. The van der Waals surface area contributed by atoms with Crippen molar-refractivity contribution in [2.24, 2.45) is 5.73 Å². The smallest absolute Gasteiger partial charge is 0.185 e. The molecule has 1 aliphatic rings. The van der Waals surface area contributed by atoms with Crippen LogP contribution in [0, 0.1) is 17.5 Å². The van der Waals surface area contributed by atoms with Gasteiger partial charge in [-0.05, 0) is 54.5 Å². The van der Waals surface area contributed by atoms with E-state index in [0.717, 1.165) is 55.0 Å². The zero-order valence-electron chi connectivity index (χ0n) is 20.0. The number of pyridine rings is 2. The van der Waals surface area contributed by atoms with Crippen molar-refractivity contribution in [3.8, 4) is 17.0 Å². The molecular formula is C27H28F3N3O3. The van der Waals surface area contributed by atoms with E-state index >= 15 is 0 Å². The lowest BCUT2D eigenvalue weighted by Gasteiger charge is -2.28. The third-order valence-corrected chi connectivity index (χ3v) is 6.39. The van der Waals surface area contributed by atoms with Crippen molar-refractivity contribution in [1.82, 2.24) is 9.97 Å². The molecule has 1 saturated carbocycles. The fourth-order valence-corrected chi connectivity index (χ4v) is 4.63. The van der Waals surface area contributed by atoms with E-state index in [0.29, 0.717) is 0 Å². The van der Waals surface area contributed by atoms with Crippen LogP contribution in [0.15, 0.2) is 42.7 Å². The Labute approximate surface area is 207 Å². The van der Waals surface area contributed by atoms with Crippen LogP contribution in [0.25, 0.3) is 11.3 Å². The second kappa shape index (κ2) is 11.6. The summed E-state index contributed by atoms with van der Waals surface area (Å²) in [5.74, 6) is -3.31. The van der Waals surface area contributed by atoms with Gasteiger partial charge in [0.1, 0.15) is 41.2 Å². The average Bonchev–Trinajstić information content (AvgIpc) is 2.85. The highest BCUT2D eigenvalue weighted by Gasteiger charge is 2.25. The molecule has 1 aromatic carbocycles. The second-order valence-corrected chi connectivity index (χ2v) is 8.93. The first-order valence-electron chi connectivity index (χ1n) is 11.9. The van der Waals surface area contributed by atoms with E-state index in [1.165, 1.54) is 13.2 Å². The van der Waals surface area contributed by atoms with Gasteiger partial charge < -0.3 is 15.2 Å². The predicted molar refractivity (Wildman–Crippen MR) is 128 cm³/mol. The number of Topliss-reactive ketones (excluding diaryl/α,β-unsaturated/α-hetero) is 1. The van der Waals surface area contributed by atoms with Gasteiger partial charge in [0, 0.05) is 44.1 Å². The number of hydrogen-bond donors (Lipinski definition) is 1. The normalized spacial score (nSPS) is 17.7. The standard InChI is InChI=1S/C27H28F3N3O3/c1-35-9-10-36-19-13-22(29)26(23(30)14-19)27-21(28)5-6-24(33-27)25(34)12-17-15-32-8-7-20(17)16-3-2-4-18(31)11-16/h5-8,13-16,18H,2-4,9-12,31H2,1H3/t16-,18+/m1/s1. The van der Waals surface area contributed by atoms with Crippen molar-refractivity contribution < 1.29 is 27.4 Å². The van der Waals surface area contributed by atoms with Crippen LogP contribution in [0.1, 0.15) is 53.2 Å². The third kappa shape index (κ3) is 5.91. The maximum atomic E-state index is 14.8. The van der Waals surface area contributed by atoms with Crippen LogP contribution in [0.4, 0.5) is 13.2 Å². The number of ketones is 1. The molecule has 0 bridgehead atoms. The maximum Gasteiger partial charge on any atom is 0.185 e. The monoisotopic (exact) mass is 499 g/mol. The van der Waals surface area contributed by atoms with Gasteiger partial charge in [-0.15, -0.1) is 0 Å². The van der Waals surface area contributed by atoms with Gasteiger partial charge in [0.05, 0.1) is 12.2 Å². The first-order valence-corrected chi connectivity index (χ1v) is 11.9. The molecule has 1 aliphatic carbocycles. The Balaban J connectivity index is 1.59. The Morgan fingerprint density at radius 3 is 2.58 bits per heavy atom. The summed E-state index contributed by atoms with van der Waals surface area (Å²) in [5.41, 5.74) is 6.56. The molecule has 0 spiro atoms. The third-order valence-electron chi connectivity index (χ3n) is 6.39. The molecule has 2 heterocycles. The van der Waals surface area contributed by atoms with Crippen LogP contribution in [0.5, 0.6) is 5.75 Å². The van der Waals surface area contributed by atoms with E-state index in [9.17, 15) is 18.0 Å². The van der Waals surface area contributed by atoms with Crippen LogP contribution in [-0.2, 0) is 11.2 Å². The minimum Gasteiger partial charge on any atom is -0.491 e. The predicted octanol–water partition coefficient (Wildman–Crippen LogP) is 5.00. The number of benzene rings is 1. The lowest BCUT2D eigenvalue weighted by Crippen LogP contribution is -2.27. The summed E-state index contributed by atoms with van der Waals surface area (Å²) < 4.78 is 54.3. The summed E-state index contributed by atoms with van der Waals surface area (Å²) in [7, 11) is 1.47. The molecule has 36 heavy (non-hydrogen) atoms. The molecule has 190 valence electrons. The zero-order valence-corrected chi connectivity index (χ0v) is 20.0. The molecule has 2 aromatic heterocycles. The number of ether oxygens (including phenoxy) is 2. The van der Waals surface area contributed by atoms with Crippen LogP contribution in [-0.4, -0.2) is 42.1 Å². The molecule has 9 heteroatoms. The van der Waals surface area contributed by atoms with Gasteiger partial charge in [-0.25, -0.2) is 18.2 Å². The fourth-order valence-electron chi connectivity index (χ4n) is 4.63. The highest BCUT2D eigenvalue weighted by atomic mass is 19.1. The molecule has 1 fully saturated rings. The molecule has 0 unspecified atom stereocenters. The van der Waals surface area contributed by atoms with E-state index in [2.05, 4.69) is 9.97 Å². The molecular weight excluding hydrogens is 471 g/mol. The van der Waals surface area contributed by atoms with Crippen molar-refractivity contribution in [3.05, 3.63) is 77.0 Å². The Hall–Kier alpha value is -3.30. The van der Waals surface area contributed by atoms with Crippen LogP contribution in [0.3, 0.4) is 0 Å². The number of nitrogens with zero attached hydrogens (tertiary/aromatic N) is 2. The molecule has 2 N–H and O–H groups in total. The van der Waals surface area contributed by atoms with Gasteiger partial charge in [0.15, 0.2) is 5.78 Å². The fraction of sp³-hybridized carbons (Fsp3) is 0.370. The zero-order chi connectivity index (χ0) is 25.7. The van der Waals surface area contributed by atoms with Crippen molar-refractivity contribution in [3.63, 3.8) is 0 Å². The van der Waals surface area contributed by atoms with Crippen LogP contribution in [0.2, 0.25) is 0 Å².